The largest absolute Gasteiger partial charge is 0.370 e. The van der Waals surface area contributed by atoms with E-state index in [0.717, 1.165) is 49.1 Å². The quantitative estimate of drug-likeness (QED) is 0.652. The Morgan fingerprint density at radius 2 is 2.00 bits per heavy atom. The number of hydrogen-bond donors (Lipinski definition) is 2. The fourth-order valence-corrected chi connectivity index (χ4v) is 5.08. The molecule has 1 amide bonds. The summed E-state index contributed by atoms with van der Waals surface area (Å²) >= 11 is 3.10. The van der Waals surface area contributed by atoms with Crippen LogP contribution in [0.25, 0.3) is 10.6 Å². The van der Waals surface area contributed by atoms with Crippen molar-refractivity contribution >= 4 is 28.6 Å². The Bertz CT molecular complexity index is 931. The van der Waals surface area contributed by atoms with Gasteiger partial charge in [0.1, 0.15) is 29.5 Å². The van der Waals surface area contributed by atoms with Gasteiger partial charge in [0.25, 0.3) is 5.91 Å². The predicted octanol–water partition coefficient (Wildman–Crippen LogP) is 2.53. The summed E-state index contributed by atoms with van der Waals surface area (Å²) < 4.78 is 5.45. The third-order valence-electron chi connectivity index (χ3n) is 4.97. The lowest BCUT2D eigenvalue weighted by Gasteiger charge is -2.24. The summed E-state index contributed by atoms with van der Waals surface area (Å²) in [6.45, 7) is 7.12. The molecule has 0 spiro atoms. The molecule has 0 atom stereocenters. The minimum Gasteiger partial charge on any atom is -0.370 e. The van der Waals surface area contributed by atoms with Crippen molar-refractivity contribution in [2.75, 3.05) is 26.3 Å². The number of aromatic nitrogens is 1. The minimum atomic E-state index is -0.0509. The molecule has 5 nitrogen and oxygen atoms in total. The van der Waals surface area contributed by atoms with E-state index in [2.05, 4.69) is 33.9 Å². The van der Waals surface area contributed by atoms with Crippen LogP contribution in [0.3, 0.4) is 0 Å². The first-order chi connectivity index (χ1) is 13.7. The van der Waals surface area contributed by atoms with Gasteiger partial charge < -0.3 is 15.0 Å². The molecule has 3 heterocycles. The fraction of sp³-hybridized carbons (Fsp3) is 0.333. The third-order valence-corrected chi connectivity index (χ3v) is 6.86. The highest BCUT2D eigenvalue weighted by Crippen LogP contribution is 2.29. The van der Waals surface area contributed by atoms with E-state index in [1.54, 1.807) is 11.3 Å². The number of rotatable bonds is 6. The van der Waals surface area contributed by atoms with Gasteiger partial charge in [0.2, 0.25) is 0 Å². The summed E-state index contributed by atoms with van der Waals surface area (Å²) in [4.78, 5) is 19.6. The maximum atomic E-state index is 12.8. The Kier molecular flexibility index (Phi) is 6.17. The molecule has 2 N–H and O–H groups in total. The van der Waals surface area contributed by atoms with E-state index in [9.17, 15) is 4.79 Å². The molecule has 0 radical (unpaired) electrons. The normalized spacial score (nSPS) is 14.9. The molecule has 1 aliphatic rings. The van der Waals surface area contributed by atoms with Crippen LogP contribution in [0.1, 0.15) is 26.5 Å². The van der Waals surface area contributed by atoms with Crippen molar-refractivity contribution in [3.63, 3.8) is 0 Å². The van der Waals surface area contributed by atoms with Crippen molar-refractivity contribution in [2.24, 2.45) is 0 Å². The van der Waals surface area contributed by atoms with E-state index in [-0.39, 0.29) is 5.91 Å². The number of ether oxygens (including phenoxy) is 1. The van der Waals surface area contributed by atoms with Crippen LogP contribution in [-0.4, -0.2) is 37.2 Å². The van der Waals surface area contributed by atoms with E-state index in [1.165, 1.54) is 27.4 Å². The molecule has 146 valence electrons. The Labute approximate surface area is 173 Å². The third kappa shape index (κ3) is 4.50. The van der Waals surface area contributed by atoms with E-state index < -0.39 is 0 Å². The molecule has 1 aliphatic heterocycles. The molecule has 1 aromatic carbocycles. The van der Waals surface area contributed by atoms with Crippen molar-refractivity contribution in [3.05, 3.63) is 62.8 Å². The molecule has 28 heavy (non-hydrogen) atoms. The highest BCUT2D eigenvalue weighted by atomic mass is 32.1. The molecule has 4 rings (SSSR count). The molecule has 1 saturated heterocycles. The SMILES string of the molecule is Cc1nc(-c2ccsc2)sc1C(=O)NCc1ccccc1C[NH+]1CCOCC1. The Balaban J connectivity index is 1.42. The van der Waals surface area contributed by atoms with Crippen molar-refractivity contribution < 1.29 is 14.4 Å². The molecular weight excluding hydrogens is 390 g/mol. The number of morpholine rings is 1. The van der Waals surface area contributed by atoms with Crippen LogP contribution in [0.4, 0.5) is 0 Å². The number of hydrogen-bond acceptors (Lipinski definition) is 5. The molecule has 0 bridgehead atoms. The molecule has 0 unspecified atom stereocenters. The van der Waals surface area contributed by atoms with Gasteiger partial charge in [-0.05, 0) is 23.9 Å². The summed E-state index contributed by atoms with van der Waals surface area (Å²) in [5.41, 5.74) is 4.33. The van der Waals surface area contributed by atoms with E-state index >= 15 is 0 Å². The average Bonchev–Trinajstić information content (AvgIpc) is 3.37. The van der Waals surface area contributed by atoms with Crippen molar-refractivity contribution in [1.29, 1.82) is 0 Å². The summed E-state index contributed by atoms with van der Waals surface area (Å²) in [7, 11) is 0. The Morgan fingerprint density at radius 1 is 1.21 bits per heavy atom. The first-order valence-corrected chi connectivity index (χ1v) is 11.2. The van der Waals surface area contributed by atoms with Crippen LogP contribution < -0.4 is 10.2 Å². The van der Waals surface area contributed by atoms with Gasteiger partial charge in [-0.25, -0.2) is 4.98 Å². The second-order valence-electron chi connectivity index (χ2n) is 6.94. The summed E-state index contributed by atoms with van der Waals surface area (Å²) in [5.74, 6) is -0.0509. The number of aryl methyl sites for hydroxylation is 1. The first kappa shape index (κ1) is 19.3. The van der Waals surface area contributed by atoms with E-state index in [0.29, 0.717) is 11.4 Å². The number of nitrogens with zero attached hydrogens (tertiary/aromatic N) is 1. The zero-order valence-corrected chi connectivity index (χ0v) is 17.5. The van der Waals surface area contributed by atoms with Gasteiger partial charge in [-0.3, -0.25) is 4.79 Å². The predicted molar refractivity (Wildman–Crippen MR) is 113 cm³/mol. The highest BCUT2D eigenvalue weighted by Gasteiger charge is 2.18. The maximum absolute atomic E-state index is 12.8. The monoisotopic (exact) mass is 414 g/mol. The number of carbonyl (C=O) groups is 1. The lowest BCUT2D eigenvalue weighted by molar-refractivity contribution is -0.921. The Hall–Kier alpha value is -2.06. The molecule has 3 aromatic rings. The second-order valence-corrected chi connectivity index (χ2v) is 8.72. The van der Waals surface area contributed by atoms with Crippen molar-refractivity contribution in [2.45, 2.75) is 20.0 Å². The van der Waals surface area contributed by atoms with Crippen LogP contribution >= 0.6 is 22.7 Å². The van der Waals surface area contributed by atoms with Gasteiger partial charge in [0.15, 0.2) is 0 Å². The van der Waals surface area contributed by atoms with E-state index in [1.807, 2.05) is 24.4 Å². The first-order valence-electron chi connectivity index (χ1n) is 9.47. The highest BCUT2D eigenvalue weighted by molar-refractivity contribution is 7.17. The smallest absolute Gasteiger partial charge is 0.263 e. The number of thiazole rings is 1. The van der Waals surface area contributed by atoms with Crippen molar-refractivity contribution in [1.82, 2.24) is 10.3 Å². The minimum absolute atomic E-state index is 0.0509. The lowest BCUT2D eigenvalue weighted by atomic mass is 10.1. The summed E-state index contributed by atoms with van der Waals surface area (Å²) in [6, 6.07) is 10.4. The van der Waals surface area contributed by atoms with Crippen LogP contribution in [0.15, 0.2) is 41.1 Å². The van der Waals surface area contributed by atoms with Gasteiger partial charge in [0.05, 0.1) is 18.9 Å². The van der Waals surface area contributed by atoms with Crippen LogP contribution in [0.2, 0.25) is 0 Å². The molecule has 0 aliphatic carbocycles. The number of carbonyl (C=O) groups excluding carboxylic acids is 1. The molecule has 7 heteroatoms. The second kappa shape index (κ2) is 8.96. The number of amides is 1. The van der Waals surface area contributed by atoms with Gasteiger partial charge >= 0.3 is 0 Å². The lowest BCUT2D eigenvalue weighted by Crippen LogP contribution is -3.12. The van der Waals surface area contributed by atoms with Gasteiger partial charge in [0, 0.05) is 23.1 Å². The molecule has 1 fully saturated rings. The number of benzene rings is 1. The number of nitrogens with one attached hydrogen (secondary N) is 2. The van der Waals surface area contributed by atoms with Gasteiger partial charge in [-0.15, -0.1) is 11.3 Å². The van der Waals surface area contributed by atoms with Crippen molar-refractivity contribution in [3.8, 4) is 10.6 Å². The Morgan fingerprint density at radius 3 is 2.75 bits per heavy atom. The van der Waals surface area contributed by atoms with Crippen LogP contribution in [-0.2, 0) is 17.8 Å². The van der Waals surface area contributed by atoms with Gasteiger partial charge in [-0.1, -0.05) is 24.3 Å². The van der Waals surface area contributed by atoms with Crippen LogP contribution in [0.5, 0.6) is 0 Å². The zero-order chi connectivity index (χ0) is 19.3. The zero-order valence-electron chi connectivity index (χ0n) is 15.9. The molecule has 2 aromatic heterocycles. The molecule has 0 saturated carbocycles. The molecular formula is C21H24N3O2S2+. The number of thiophene rings is 1. The standard InChI is InChI=1S/C21H23N3O2S2/c1-15-19(28-21(23-15)18-6-11-27-14-18)20(25)22-12-16-4-2-3-5-17(16)13-24-7-9-26-10-8-24/h2-6,11,14H,7-10,12-13H2,1H3,(H,22,25)/p+1. The van der Waals surface area contributed by atoms with Gasteiger partial charge in [-0.2, -0.15) is 11.3 Å². The summed E-state index contributed by atoms with van der Waals surface area (Å²) in [6.07, 6.45) is 0. The maximum Gasteiger partial charge on any atom is 0.263 e. The van der Waals surface area contributed by atoms with E-state index in [4.69, 9.17) is 4.74 Å². The fourth-order valence-electron chi connectivity index (χ4n) is 3.38. The average molecular weight is 415 g/mol. The van der Waals surface area contributed by atoms with Crippen LogP contribution in [0, 0.1) is 6.92 Å². The topological polar surface area (TPSA) is 55.7 Å². The summed E-state index contributed by atoms with van der Waals surface area (Å²) in [5, 5.41) is 8.08. The number of quaternary nitrogens is 1.